The van der Waals surface area contributed by atoms with Gasteiger partial charge in [0.05, 0.1) is 9.95 Å². The van der Waals surface area contributed by atoms with Crippen LogP contribution >= 0.6 is 11.6 Å². The monoisotopic (exact) mass is 468 g/mol. The number of halogens is 1. The van der Waals surface area contributed by atoms with Crippen LogP contribution in [0.3, 0.4) is 0 Å². The summed E-state index contributed by atoms with van der Waals surface area (Å²) >= 11 is 5.85. The molecule has 2 rings (SSSR count). The summed E-state index contributed by atoms with van der Waals surface area (Å²) in [7, 11) is -4.11. The number of nitrogens with zero attached hydrogens (tertiary/aromatic N) is 1. The van der Waals surface area contributed by atoms with Gasteiger partial charge in [-0.05, 0) is 30.3 Å². The molecule has 0 unspecified atom stereocenters. The van der Waals surface area contributed by atoms with Crippen molar-refractivity contribution in [2.24, 2.45) is 5.92 Å². The fraction of sp³-hybridized carbons (Fsp3) is 0.263. The van der Waals surface area contributed by atoms with Crippen LogP contribution < -0.4 is 15.4 Å². The Balaban J connectivity index is 1.91. The lowest BCUT2D eigenvalue weighted by Crippen LogP contribution is -2.34. The molecule has 0 aliphatic rings. The number of hydrogen-bond donors (Lipinski definition) is 3. The fourth-order valence-corrected chi connectivity index (χ4v) is 3.89. The van der Waals surface area contributed by atoms with E-state index in [0.29, 0.717) is 11.3 Å². The first-order valence-electron chi connectivity index (χ1n) is 9.14. The van der Waals surface area contributed by atoms with Gasteiger partial charge in [-0.1, -0.05) is 25.4 Å². The number of sulfonamides is 1. The quantitative estimate of drug-likeness (QED) is 0.292. The Morgan fingerprint density at radius 2 is 1.74 bits per heavy atom. The summed E-state index contributed by atoms with van der Waals surface area (Å²) in [4.78, 5) is 33.6. The average Bonchev–Trinajstić information content (AvgIpc) is 2.71. The zero-order chi connectivity index (χ0) is 23.2. The van der Waals surface area contributed by atoms with E-state index < -0.39 is 31.4 Å². The minimum absolute atomic E-state index is 0.0313. The smallest absolute Gasteiger partial charge is 0.270 e. The predicted molar refractivity (Wildman–Crippen MR) is 116 cm³/mol. The van der Waals surface area contributed by atoms with Gasteiger partial charge in [0.1, 0.15) is 4.90 Å². The van der Waals surface area contributed by atoms with Crippen molar-refractivity contribution in [1.82, 2.24) is 10.0 Å². The van der Waals surface area contributed by atoms with Crippen molar-refractivity contribution in [2.75, 3.05) is 18.4 Å². The molecule has 166 valence electrons. The molecule has 0 spiro atoms. The van der Waals surface area contributed by atoms with Crippen molar-refractivity contribution in [3.05, 3.63) is 63.2 Å². The number of rotatable bonds is 9. The Bertz CT molecular complexity index is 1090. The second kappa shape index (κ2) is 10.3. The maximum atomic E-state index is 12.4. The number of carbonyl (C=O) groups is 2. The third-order valence-corrected chi connectivity index (χ3v) is 6.00. The van der Waals surface area contributed by atoms with Gasteiger partial charge in [0.25, 0.3) is 11.6 Å². The van der Waals surface area contributed by atoms with E-state index in [0.717, 1.165) is 18.2 Å². The van der Waals surface area contributed by atoms with Crippen molar-refractivity contribution < 1.29 is 22.9 Å². The van der Waals surface area contributed by atoms with Crippen LogP contribution in [0, 0.1) is 16.0 Å². The summed E-state index contributed by atoms with van der Waals surface area (Å²) < 4.78 is 26.9. The lowest BCUT2D eigenvalue weighted by molar-refractivity contribution is -0.385. The Morgan fingerprint density at radius 3 is 2.32 bits per heavy atom. The standard InChI is InChI=1S/C19H21ClN4O6S/c1-12(2)18(25)23-14-5-3-13(4-6-14)19(26)21-9-10-22-31(29,30)17-11-15(24(27)28)7-8-16(17)20/h3-8,11-12,22H,9-10H2,1-2H3,(H,21,26)(H,23,25). The molecule has 0 aromatic heterocycles. The van der Waals surface area contributed by atoms with Gasteiger partial charge >= 0.3 is 0 Å². The first-order chi connectivity index (χ1) is 14.5. The lowest BCUT2D eigenvalue weighted by Gasteiger charge is -2.10. The second-order valence-corrected chi connectivity index (χ2v) is 8.89. The van der Waals surface area contributed by atoms with Crippen LogP contribution in [0.4, 0.5) is 11.4 Å². The Hall–Kier alpha value is -3.02. The largest absolute Gasteiger partial charge is 0.351 e. The van der Waals surface area contributed by atoms with Crippen LogP contribution in [0.5, 0.6) is 0 Å². The molecular weight excluding hydrogens is 448 g/mol. The number of non-ortho nitro benzene ring substituents is 1. The maximum Gasteiger partial charge on any atom is 0.270 e. The second-order valence-electron chi connectivity index (χ2n) is 6.75. The maximum absolute atomic E-state index is 12.4. The molecule has 3 N–H and O–H groups in total. The van der Waals surface area contributed by atoms with Crippen molar-refractivity contribution in [3.63, 3.8) is 0 Å². The molecule has 0 atom stereocenters. The van der Waals surface area contributed by atoms with Gasteiger partial charge in [-0.15, -0.1) is 0 Å². The zero-order valence-corrected chi connectivity index (χ0v) is 18.3. The molecule has 0 aliphatic heterocycles. The minimum Gasteiger partial charge on any atom is -0.351 e. The summed E-state index contributed by atoms with van der Waals surface area (Å²) in [5.41, 5.74) is 0.468. The number of carbonyl (C=O) groups excluding carboxylic acids is 2. The van der Waals surface area contributed by atoms with E-state index in [1.807, 2.05) is 0 Å². The number of nitro benzene ring substituents is 1. The van der Waals surface area contributed by atoms with Crippen molar-refractivity contribution in [2.45, 2.75) is 18.7 Å². The summed E-state index contributed by atoms with van der Waals surface area (Å²) in [6.45, 7) is 3.34. The molecule has 0 saturated heterocycles. The van der Waals surface area contributed by atoms with E-state index in [1.165, 1.54) is 12.1 Å². The predicted octanol–water partition coefficient (Wildman–Crippen LogP) is 2.55. The van der Waals surface area contributed by atoms with Crippen LogP contribution in [0.2, 0.25) is 5.02 Å². The molecule has 2 aromatic rings. The van der Waals surface area contributed by atoms with Crippen LogP contribution in [-0.2, 0) is 14.8 Å². The van der Waals surface area contributed by atoms with Crippen molar-refractivity contribution in [1.29, 1.82) is 0 Å². The number of benzene rings is 2. The highest BCUT2D eigenvalue weighted by molar-refractivity contribution is 7.89. The highest BCUT2D eigenvalue weighted by Gasteiger charge is 2.21. The topological polar surface area (TPSA) is 148 Å². The molecule has 2 amide bonds. The summed E-state index contributed by atoms with van der Waals surface area (Å²) in [5.74, 6) is -0.758. The third-order valence-electron chi connectivity index (χ3n) is 4.06. The van der Waals surface area contributed by atoms with Gasteiger partial charge in [-0.3, -0.25) is 19.7 Å². The molecular formula is C19H21ClN4O6S. The van der Waals surface area contributed by atoms with Gasteiger partial charge in [0.2, 0.25) is 15.9 Å². The number of nitrogens with one attached hydrogen (secondary N) is 3. The molecule has 0 fully saturated rings. The highest BCUT2D eigenvalue weighted by Crippen LogP contribution is 2.25. The average molecular weight is 469 g/mol. The van der Waals surface area contributed by atoms with Gasteiger partial charge < -0.3 is 10.6 Å². The van der Waals surface area contributed by atoms with Crippen molar-refractivity contribution in [3.8, 4) is 0 Å². The first kappa shape index (κ1) is 24.3. The number of hydrogen-bond acceptors (Lipinski definition) is 6. The summed E-state index contributed by atoms with van der Waals surface area (Å²) in [6.07, 6.45) is 0. The highest BCUT2D eigenvalue weighted by atomic mass is 35.5. The molecule has 0 aliphatic carbocycles. The van der Waals surface area contributed by atoms with Gasteiger partial charge in [0.15, 0.2) is 0 Å². The SMILES string of the molecule is CC(C)C(=O)Nc1ccc(C(=O)NCCNS(=O)(=O)c2cc([N+](=O)[O-])ccc2Cl)cc1. The molecule has 0 heterocycles. The van der Waals surface area contributed by atoms with Crippen LogP contribution in [-0.4, -0.2) is 38.2 Å². The normalized spacial score (nSPS) is 11.2. The van der Waals surface area contributed by atoms with Gasteiger partial charge in [0, 0.05) is 42.4 Å². The molecule has 0 radical (unpaired) electrons. The van der Waals surface area contributed by atoms with Gasteiger partial charge in [-0.25, -0.2) is 13.1 Å². The Labute approximate surface area is 184 Å². The van der Waals surface area contributed by atoms with Crippen molar-refractivity contribution >= 4 is 44.8 Å². The molecule has 0 saturated carbocycles. The number of anilines is 1. The molecule has 10 nitrogen and oxygen atoms in total. The molecule has 0 bridgehead atoms. The van der Waals surface area contributed by atoms with E-state index in [9.17, 15) is 28.1 Å². The number of nitro groups is 1. The van der Waals surface area contributed by atoms with E-state index in [4.69, 9.17) is 11.6 Å². The van der Waals surface area contributed by atoms with Crippen LogP contribution in [0.1, 0.15) is 24.2 Å². The molecule has 2 aromatic carbocycles. The Kier molecular flexibility index (Phi) is 8.08. The summed E-state index contributed by atoms with van der Waals surface area (Å²) in [6, 6.07) is 9.31. The minimum atomic E-state index is -4.11. The van der Waals surface area contributed by atoms with E-state index in [2.05, 4.69) is 15.4 Å². The first-order valence-corrected chi connectivity index (χ1v) is 11.0. The van der Waals surface area contributed by atoms with E-state index in [1.54, 1.807) is 26.0 Å². The fourth-order valence-electron chi connectivity index (χ4n) is 2.34. The van der Waals surface area contributed by atoms with Crippen LogP contribution in [0.15, 0.2) is 47.4 Å². The lowest BCUT2D eigenvalue weighted by atomic mass is 10.1. The number of amides is 2. The van der Waals surface area contributed by atoms with E-state index in [-0.39, 0.29) is 29.9 Å². The van der Waals surface area contributed by atoms with E-state index >= 15 is 0 Å². The summed E-state index contributed by atoms with van der Waals surface area (Å²) in [5, 5.41) is 15.9. The molecule has 12 heteroatoms. The Morgan fingerprint density at radius 1 is 1.10 bits per heavy atom. The van der Waals surface area contributed by atoms with Crippen LogP contribution in [0.25, 0.3) is 0 Å². The third kappa shape index (κ3) is 6.74. The zero-order valence-electron chi connectivity index (χ0n) is 16.7. The van der Waals surface area contributed by atoms with Gasteiger partial charge in [-0.2, -0.15) is 0 Å². The molecule has 31 heavy (non-hydrogen) atoms.